The molecule has 0 aliphatic carbocycles. The summed E-state index contributed by atoms with van der Waals surface area (Å²) in [5.74, 6) is -10.1. The third-order valence-corrected chi connectivity index (χ3v) is 15.1. The number of imide groups is 3. The van der Waals surface area contributed by atoms with Crippen LogP contribution in [0.5, 0.6) is 0 Å². The standard InChI is InChI=1S/C65H77N11O10/c1-39(2)34-53(73-58(79)48(66)37-44-24-13-22-42-20-9-11-26-46(42)44)62(83)75-55(36-41-18-7-4-8-19-41)65(86)76(63(84)52(30-32-57(69)78)72-61(82)51(29-31-56(68)77)71-60(81)50-28-15-33-70-50)64(85)54(35-40-16-5-3-6-17-40)74-59(80)49(67)38-45-25-14-23-43-21-10-12-27-47(43)45/h3-14,16-27,39,48-55,70H,15,28-38,66-67H2,1-2H3,(H2,68,77)(H2,69,78)(H,71,81)(H,72,82)(H,73,79)(H,74,80)(H,75,83)/t48-,49-,50-,51+,52+,53+,54+,55+/m1/s1. The molecule has 8 atom stereocenters. The van der Waals surface area contributed by atoms with Crippen LogP contribution < -0.4 is 54.8 Å². The van der Waals surface area contributed by atoms with Gasteiger partial charge in [-0.05, 0) is 101 Å². The summed E-state index contributed by atoms with van der Waals surface area (Å²) in [6.07, 6.45) is -1.35. The molecule has 0 aromatic heterocycles. The first-order valence-electron chi connectivity index (χ1n) is 29.0. The van der Waals surface area contributed by atoms with E-state index < -0.39 is 127 Å². The van der Waals surface area contributed by atoms with Crippen molar-refractivity contribution in [3.05, 3.63) is 168 Å². The molecule has 10 amide bonds. The van der Waals surface area contributed by atoms with Crippen molar-refractivity contribution in [1.82, 2.24) is 36.8 Å². The van der Waals surface area contributed by atoms with Gasteiger partial charge in [-0.3, -0.25) is 47.9 Å². The molecule has 0 saturated carbocycles. The molecule has 0 spiro atoms. The Labute approximate surface area is 499 Å². The van der Waals surface area contributed by atoms with Crippen molar-refractivity contribution in [1.29, 1.82) is 0 Å². The summed E-state index contributed by atoms with van der Waals surface area (Å²) < 4.78 is 0. The molecule has 21 heteroatoms. The van der Waals surface area contributed by atoms with Crippen molar-refractivity contribution < 1.29 is 47.9 Å². The van der Waals surface area contributed by atoms with Crippen LogP contribution in [0, 0.1) is 5.92 Å². The van der Waals surface area contributed by atoms with E-state index in [0.29, 0.717) is 30.5 Å². The van der Waals surface area contributed by atoms with Crippen LogP contribution in [-0.2, 0) is 73.6 Å². The number of amides is 10. The van der Waals surface area contributed by atoms with Gasteiger partial charge >= 0.3 is 0 Å². The van der Waals surface area contributed by atoms with Gasteiger partial charge in [0.1, 0.15) is 30.2 Å². The lowest BCUT2D eigenvalue weighted by molar-refractivity contribution is -0.159. The minimum atomic E-state index is -1.95. The average Bonchev–Trinajstić information content (AvgIpc) is 3.50. The highest BCUT2D eigenvalue weighted by Gasteiger charge is 2.43. The first-order valence-corrected chi connectivity index (χ1v) is 29.0. The fraction of sp³-hybridized carbons (Fsp3) is 0.354. The smallest absolute Gasteiger partial charge is 0.259 e. The van der Waals surface area contributed by atoms with Gasteiger partial charge in [0.15, 0.2) is 0 Å². The topological polar surface area (TPSA) is 350 Å². The lowest BCUT2D eigenvalue weighted by atomic mass is 9.97. The second kappa shape index (κ2) is 31.1. The Morgan fingerprint density at radius 3 is 1.35 bits per heavy atom. The maximum absolute atomic E-state index is 15.9. The van der Waals surface area contributed by atoms with Crippen molar-refractivity contribution in [2.45, 2.75) is 133 Å². The van der Waals surface area contributed by atoms with Gasteiger partial charge in [0.2, 0.25) is 41.4 Å². The first-order chi connectivity index (χ1) is 41.3. The lowest BCUT2D eigenvalue weighted by Crippen LogP contribution is -2.64. The van der Waals surface area contributed by atoms with Crippen LogP contribution in [-0.4, -0.2) is 119 Å². The third-order valence-electron chi connectivity index (χ3n) is 15.1. The summed E-state index contributed by atoms with van der Waals surface area (Å²) >= 11 is 0. The number of nitrogens with zero attached hydrogens (tertiary/aromatic N) is 1. The van der Waals surface area contributed by atoms with E-state index >= 15 is 14.4 Å². The fourth-order valence-electron chi connectivity index (χ4n) is 10.6. The lowest BCUT2D eigenvalue weighted by Gasteiger charge is -2.33. The molecule has 1 heterocycles. The van der Waals surface area contributed by atoms with Gasteiger partial charge in [0.05, 0.1) is 18.1 Å². The van der Waals surface area contributed by atoms with Crippen LogP contribution in [0.1, 0.15) is 81.0 Å². The van der Waals surface area contributed by atoms with E-state index in [1.807, 2.05) is 98.8 Å². The Morgan fingerprint density at radius 1 is 0.477 bits per heavy atom. The van der Waals surface area contributed by atoms with E-state index in [1.165, 1.54) is 0 Å². The first kappa shape index (κ1) is 64.4. The molecule has 1 aliphatic heterocycles. The van der Waals surface area contributed by atoms with E-state index in [0.717, 1.165) is 32.7 Å². The predicted molar refractivity (Wildman–Crippen MR) is 325 cm³/mol. The SMILES string of the molecule is CC(C)C[C@H](NC(=O)[C@H](N)Cc1cccc2ccccc12)C(=O)N[C@@H](Cc1ccccc1)C(=O)N(C(=O)[C@H](Cc1ccccc1)NC(=O)[C@H](N)Cc1cccc2ccccc12)C(=O)[C@H](CCC(N)=O)NC(=O)[C@H](CCC(N)=O)NC(=O)[C@H]1CCCN1. The molecule has 1 aliphatic rings. The molecule has 6 aromatic rings. The highest BCUT2D eigenvalue weighted by Crippen LogP contribution is 2.23. The van der Waals surface area contributed by atoms with Gasteiger partial charge in [0.25, 0.3) is 17.7 Å². The number of carbonyl (C=O) groups excluding carboxylic acids is 10. The second-order valence-electron chi connectivity index (χ2n) is 22.2. The summed E-state index contributed by atoms with van der Waals surface area (Å²) in [6, 6.07) is 31.6. The van der Waals surface area contributed by atoms with E-state index in [4.69, 9.17) is 22.9 Å². The molecule has 0 unspecified atom stereocenters. The van der Waals surface area contributed by atoms with Crippen LogP contribution in [0.2, 0.25) is 0 Å². The van der Waals surface area contributed by atoms with Gasteiger partial charge in [-0.15, -0.1) is 0 Å². The number of fused-ring (bicyclic) bond motifs is 2. The zero-order chi connectivity index (χ0) is 61.9. The Hall–Kier alpha value is -9.18. The third kappa shape index (κ3) is 18.2. The predicted octanol–water partition coefficient (Wildman–Crippen LogP) is 2.55. The minimum absolute atomic E-state index is 0.000168. The van der Waals surface area contributed by atoms with E-state index in [9.17, 15) is 33.6 Å². The van der Waals surface area contributed by atoms with Crippen LogP contribution >= 0.6 is 0 Å². The number of nitrogens with one attached hydrogen (secondary N) is 6. The number of hydrogen-bond donors (Lipinski definition) is 10. The summed E-state index contributed by atoms with van der Waals surface area (Å²) in [4.78, 5) is 144. The van der Waals surface area contributed by atoms with Crippen molar-refractivity contribution in [3.8, 4) is 0 Å². The fourth-order valence-corrected chi connectivity index (χ4v) is 10.6. The number of carbonyl (C=O) groups is 10. The maximum atomic E-state index is 15.9. The quantitative estimate of drug-likeness (QED) is 0.0323. The highest BCUT2D eigenvalue weighted by molar-refractivity contribution is 6.16. The molecule has 0 bridgehead atoms. The minimum Gasteiger partial charge on any atom is -0.370 e. The van der Waals surface area contributed by atoms with Gasteiger partial charge in [-0.25, -0.2) is 4.90 Å². The Morgan fingerprint density at radius 2 is 0.884 bits per heavy atom. The monoisotopic (exact) mass is 1170 g/mol. The summed E-state index contributed by atoms with van der Waals surface area (Å²) in [7, 11) is 0. The summed E-state index contributed by atoms with van der Waals surface area (Å²) in [5, 5.41) is 20.0. The number of primary amides is 2. The van der Waals surface area contributed by atoms with Gasteiger partial charge in [0, 0.05) is 25.7 Å². The Balaban J connectivity index is 1.28. The van der Waals surface area contributed by atoms with Crippen molar-refractivity contribution in [2.24, 2.45) is 28.9 Å². The maximum Gasteiger partial charge on any atom is 0.259 e. The van der Waals surface area contributed by atoms with Crippen LogP contribution in [0.3, 0.4) is 0 Å². The zero-order valence-electron chi connectivity index (χ0n) is 48.4. The van der Waals surface area contributed by atoms with Crippen molar-refractivity contribution in [2.75, 3.05) is 6.54 Å². The molecule has 0 radical (unpaired) electrons. The number of nitrogens with two attached hydrogens (primary N) is 4. The molecule has 6 aromatic carbocycles. The molecule has 7 rings (SSSR count). The van der Waals surface area contributed by atoms with E-state index in [1.54, 1.807) is 60.7 Å². The molecular formula is C65H77N11O10. The van der Waals surface area contributed by atoms with Gasteiger partial charge in [-0.1, -0.05) is 159 Å². The van der Waals surface area contributed by atoms with Crippen LogP contribution in [0.25, 0.3) is 21.5 Å². The highest BCUT2D eigenvalue weighted by atomic mass is 16.2. The Bertz CT molecular complexity index is 3380. The van der Waals surface area contributed by atoms with E-state index in [2.05, 4.69) is 31.9 Å². The number of hydrogen-bond acceptors (Lipinski definition) is 13. The molecule has 1 fully saturated rings. The van der Waals surface area contributed by atoms with Gasteiger partial charge in [-0.2, -0.15) is 0 Å². The van der Waals surface area contributed by atoms with Crippen LogP contribution in [0.15, 0.2) is 146 Å². The summed E-state index contributed by atoms with van der Waals surface area (Å²) in [5.41, 5.74) is 26.8. The molecule has 86 heavy (non-hydrogen) atoms. The molecule has 452 valence electrons. The molecule has 1 saturated heterocycles. The molecular weight excluding hydrogens is 1090 g/mol. The average molecular weight is 1170 g/mol. The Kier molecular flexibility index (Phi) is 23.3. The van der Waals surface area contributed by atoms with Crippen molar-refractivity contribution in [3.63, 3.8) is 0 Å². The van der Waals surface area contributed by atoms with Crippen molar-refractivity contribution >= 4 is 80.6 Å². The number of rotatable bonds is 29. The second-order valence-corrected chi connectivity index (χ2v) is 22.2. The number of benzene rings is 6. The molecule has 21 nitrogen and oxygen atoms in total. The van der Waals surface area contributed by atoms with Crippen LogP contribution in [0.4, 0.5) is 0 Å². The molecule has 14 N–H and O–H groups in total. The van der Waals surface area contributed by atoms with Gasteiger partial charge < -0.3 is 54.8 Å². The normalized spacial score (nSPS) is 15.4. The largest absolute Gasteiger partial charge is 0.370 e. The van der Waals surface area contributed by atoms with E-state index in [-0.39, 0.29) is 49.3 Å². The zero-order valence-corrected chi connectivity index (χ0v) is 48.4. The summed E-state index contributed by atoms with van der Waals surface area (Å²) in [6.45, 7) is 4.16.